The van der Waals surface area contributed by atoms with Crippen molar-refractivity contribution in [2.75, 3.05) is 20.1 Å². The summed E-state index contributed by atoms with van der Waals surface area (Å²) in [4.78, 5) is 13.6. The first kappa shape index (κ1) is 13.2. The fraction of sp³-hybridized carbons (Fsp3) is 0.417. The highest BCUT2D eigenvalue weighted by Crippen LogP contribution is 2.16. The minimum atomic E-state index is 0.125. The van der Waals surface area contributed by atoms with Gasteiger partial charge in [0.15, 0.2) is 0 Å². The lowest BCUT2D eigenvalue weighted by Crippen LogP contribution is -2.30. The number of carbonyl (C=O) groups is 1. The molecule has 3 nitrogen and oxygen atoms in total. The smallest absolute Gasteiger partial charge is 0.226 e. The SMILES string of the molecule is CN(CCCN)C(=O)Cc1ccccc1Br. The van der Waals surface area contributed by atoms with Gasteiger partial charge in [-0.2, -0.15) is 0 Å². The number of likely N-dealkylation sites (N-methyl/N-ethyl adjacent to an activating group) is 1. The van der Waals surface area contributed by atoms with Crippen molar-refractivity contribution in [2.45, 2.75) is 12.8 Å². The number of carbonyl (C=O) groups excluding carboxylic acids is 1. The van der Waals surface area contributed by atoms with E-state index in [4.69, 9.17) is 5.73 Å². The Morgan fingerprint density at radius 3 is 2.75 bits per heavy atom. The molecule has 0 saturated heterocycles. The minimum absolute atomic E-state index is 0.125. The van der Waals surface area contributed by atoms with Crippen LogP contribution in [0.15, 0.2) is 28.7 Å². The average molecular weight is 285 g/mol. The van der Waals surface area contributed by atoms with Gasteiger partial charge >= 0.3 is 0 Å². The molecule has 0 fully saturated rings. The summed E-state index contributed by atoms with van der Waals surface area (Å²) in [5, 5.41) is 0. The van der Waals surface area contributed by atoms with Gasteiger partial charge in [0.05, 0.1) is 6.42 Å². The van der Waals surface area contributed by atoms with Crippen LogP contribution in [0.25, 0.3) is 0 Å². The fourth-order valence-corrected chi connectivity index (χ4v) is 1.82. The van der Waals surface area contributed by atoms with E-state index in [-0.39, 0.29) is 5.91 Å². The van der Waals surface area contributed by atoms with E-state index in [0.717, 1.165) is 23.0 Å². The summed E-state index contributed by atoms with van der Waals surface area (Å²) in [5.41, 5.74) is 6.43. The number of nitrogens with zero attached hydrogens (tertiary/aromatic N) is 1. The third-order valence-electron chi connectivity index (χ3n) is 2.42. The van der Waals surface area contributed by atoms with Crippen molar-refractivity contribution in [2.24, 2.45) is 5.73 Å². The quantitative estimate of drug-likeness (QED) is 0.896. The summed E-state index contributed by atoms with van der Waals surface area (Å²) < 4.78 is 0.982. The molecule has 88 valence electrons. The predicted octanol–water partition coefficient (Wildman–Crippen LogP) is 1.80. The largest absolute Gasteiger partial charge is 0.345 e. The number of hydrogen-bond donors (Lipinski definition) is 1. The van der Waals surface area contributed by atoms with Crippen molar-refractivity contribution < 1.29 is 4.79 Å². The van der Waals surface area contributed by atoms with Crippen LogP contribution in [-0.4, -0.2) is 30.9 Å². The van der Waals surface area contributed by atoms with Crippen LogP contribution in [0.1, 0.15) is 12.0 Å². The highest BCUT2D eigenvalue weighted by atomic mass is 79.9. The monoisotopic (exact) mass is 284 g/mol. The zero-order chi connectivity index (χ0) is 12.0. The molecule has 2 N–H and O–H groups in total. The van der Waals surface area contributed by atoms with Crippen LogP contribution in [0.4, 0.5) is 0 Å². The number of amides is 1. The van der Waals surface area contributed by atoms with Crippen molar-refractivity contribution in [3.63, 3.8) is 0 Å². The van der Waals surface area contributed by atoms with Crippen LogP contribution in [0.3, 0.4) is 0 Å². The Balaban J connectivity index is 2.54. The second-order valence-corrected chi connectivity index (χ2v) is 4.58. The Hall–Kier alpha value is -0.870. The maximum absolute atomic E-state index is 11.8. The van der Waals surface area contributed by atoms with Gasteiger partial charge in [0.2, 0.25) is 5.91 Å². The minimum Gasteiger partial charge on any atom is -0.345 e. The van der Waals surface area contributed by atoms with Gasteiger partial charge in [0, 0.05) is 18.1 Å². The Labute approximate surface area is 105 Å². The van der Waals surface area contributed by atoms with E-state index in [2.05, 4.69) is 15.9 Å². The number of hydrogen-bond acceptors (Lipinski definition) is 2. The molecule has 0 bridgehead atoms. The van der Waals surface area contributed by atoms with E-state index < -0.39 is 0 Å². The second kappa shape index (κ2) is 6.66. The van der Waals surface area contributed by atoms with E-state index in [1.54, 1.807) is 4.90 Å². The third kappa shape index (κ3) is 3.94. The second-order valence-electron chi connectivity index (χ2n) is 3.73. The van der Waals surface area contributed by atoms with Gasteiger partial charge < -0.3 is 10.6 Å². The summed E-state index contributed by atoms with van der Waals surface area (Å²) in [6, 6.07) is 7.78. The van der Waals surface area contributed by atoms with Crippen LogP contribution in [0.5, 0.6) is 0 Å². The molecule has 1 aromatic rings. The Morgan fingerprint density at radius 1 is 1.44 bits per heavy atom. The molecule has 0 aliphatic carbocycles. The summed E-state index contributed by atoms with van der Waals surface area (Å²) in [5.74, 6) is 0.125. The predicted molar refractivity (Wildman–Crippen MR) is 69.2 cm³/mol. The Kier molecular flexibility index (Phi) is 5.49. The number of rotatable bonds is 5. The molecule has 0 aliphatic rings. The van der Waals surface area contributed by atoms with E-state index in [1.165, 1.54) is 0 Å². The molecule has 16 heavy (non-hydrogen) atoms. The molecule has 0 radical (unpaired) electrons. The molecular weight excluding hydrogens is 268 g/mol. The van der Waals surface area contributed by atoms with Gasteiger partial charge in [-0.3, -0.25) is 4.79 Å². The van der Waals surface area contributed by atoms with Crippen molar-refractivity contribution >= 4 is 21.8 Å². The van der Waals surface area contributed by atoms with Gasteiger partial charge in [-0.05, 0) is 24.6 Å². The zero-order valence-corrected chi connectivity index (χ0v) is 11.0. The highest BCUT2D eigenvalue weighted by molar-refractivity contribution is 9.10. The van der Waals surface area contributed by atoms with Crippen LogP contribution in [0.2, 0.25) is 0 Å². The van der Waals surface area contributed by atoms with Gasteiger partial charge in [-0.15, -0.1) is 0 Å². The van der Waals surface area contributed by atoms with Crippen molar-refractivity contribution in [3.05, 3.63) is 34.3 Å². The average Bonchev–Trinajstić information content (AvgIpc) is 2.28. The number of benzene rings is 1. The van der Waals surface area contributed by atoms with Gasteiger partial charge in [-0.1, -0.05) is 34.1 Å². The lowest BCUT2D eigenvalue weighted by molar-refractivity contribution is -0.129. The highest BCUT2D eigenvalue weighted by Gasteiger charge is 2.10. The normalized spacial score (nSPS) is 10.2. The molecule has 0 unspecified atom stereocenters. The molecule has 0 heterocycles. The molecule has 0 spiro atoms. The van der Waals surface area contributed by atoms with Gasteiger partial charge in [-0.25, -0.2) is 0 Å². The topological polar surface area (TPSA) is 46.3 Å². The van der Waals surface area contributed by atoms with Crippen LogP contribution in [-0.2, 0) is 11.2 Å². The number of nitrogens with two attached hydrogens (primary N) is 1. The van der Waals surface area contributed by atoms with Gasteiger partial charge in [0.25, 0.3) is 0 Å². The molecule has 1 rings (SSSR count). The summed E-state index contributed by atoms with van der Waals surface area (Å²) in [7, 11) is 1.81. The van der Waals surface area contributed by atoms with E-state index in [1.807, 2.05) is 31.3 Å². The van der Waals surface area contributed by atoms with Gasteiger partial charge in [0.1, 0.15) is 0 Å². The van der Waals surface area contributed by atoms with Crippen molar-refractivity contribution in [3.8, 4) is 0 Å². The number of halogens is 1. The van der Waals surface area contributed by atoms with Crippen LogP contribution < -0.4 is 5.73 Å². The van der Waals surface area contributed by atoms with Crippen LogP contribution in [0, 0.1) is 0 Å². The lowest BCUT2D eigenvalue weighted by atomic mass is 10.1. The molecule has 0 aliphatic heterocycles. The van der Waals surface area contributed by atoms with Crippen LogP contribution >= 0.6 is 15.9 Å². The summed E-state index contributed by atoms with van der Waals surface area (Å²) in [6.45, 7) is 1.34. The third-order valence-corrected chi connectivity index (χ3v) is 3.20. The molecular formula is C12H17BrN2O. The van der Waals surface area contributed by atoms with E-state index in [0.29, 0.717) is 13.0 Å². The first-order chi connectivity index (χ1) is 7.65. The first-order valence-corrected chi connectivity index (χ1v) is 6.12. The molecule has 0 atom stereocenters. The first-order valence-electron chi connectivity index (χ1n) is 5.32. The molecule has 1 aromatic carbocycles. The Morgan fingerprint density at radius 2 is 2.12 bits per heavy atom. The Bertz CT molecular complexity index is 355. The maximum atomic E-state index is 11.8. The van der Waals surface area contributed by atoms with E-state index in [9.17, 15) is 4.79 Å². The molecule has 1 amide bonds. The van der Waals surface area contributed by atoms with Crippen molar-refractivity contribution in [1.29, 1.82) is 0 Å². The summed E-state index contributed by atoms with van der Waals surface area (Å²) in [6.07, 6.45) is 1.28. The molecule has 0 aromatic heterocycles. The fourth-order valence-electron chi connectivity index (χ4n) is 1.39. The zero-order valence-electron chi connectivity index (χ0n) is 9.45. The molecule has 0 saturated carbocycles. The molecule has 4 heteroatoms. The maximum Gasteiger partial charge on any atom is 0.226 e. The van der Waals surface area contributed by atoms with Crippen molar-refractivity contribution in [1.82, 2.24) is 4.90 Å². The van der Waals surface area contributed by atoms with E-state index >= 15 is 0 Å². The standard InChI is InChI=1S/C12H17BrN2O/c1-15(8-4-7-14)12(16)9-10-5-2-3-6-11(10)13/h2-3,5-6H,4,7-9,14H2,1H3. The summed E-state index contributed by atoms with van der Waals surface area (Å²) >= 11 is 3.44. The lowest BCUT2D eigenvalue weighted by Gasteiger charge is -2.17.